The van der Waals surface area contributed by atoms with Crippen LogP contribution in [0.25, 0.3) is 10.9 Å². The first kappa shape index (κ1) is 22.1. The van der Waals surface area contributed by atoms with Gasteiger partial charge in [0.2, 0.25) is 5.91 Å². The summed E-state index contributed by atoms with van der Waals surface area (Å²) in [6, 6.07) is 13.3. The van der Waals surface area contributed by atoms with Crippen LogP contribution in [0.1, 0.15) is 38.5 Å². The van der Waals surface area contributed by atoms with Crippen LogP contribution in [0.3, 0.4) is 0 Å². The lowest BCUT2D eigenvalue weighted by atomic mass is 9.95. The number of anilines is 1. The Balaban J connectivity index is 1.35. The van der Waals surface area contributed by atoms with Crippen LogP contribution in [-0.2, 0) is 4.79 Å². The molecule has 3 heterocycles. The number of rotatable bonds is 8. The highest BCUT2D eigenvalue weighted by atomic mass is 16.3. The molecule has 4 rings (SSSR count). The standard InChI is InChI=1S/C25H32N4O3/c1-3-28(4-2)20(22-9-6-16-32-22)17-26-25(31)19-12-14-29(15-13-19)23-11-10-18-7-5-8-21(30)24(18)27-23/h5-11,16,19-20,30H,3-4,12-15,17H2,1-2H3,(H,26,31). The van der Waals surface area contributed by atoms with Gasteiger partial charge in [0.15, 0.2) is 0 Å². The Bertz CT molecular complexity index is 1020. The van der Waals surface area contributed by atoms with Crippen LogP contribution in [-0.4, -0.2) is 53.6 Å². The summed E-state index contributed by atoms with van der Waals surface area (Å²) in [6.45, 7) is 8.10. The lowest BCUT2D eigenvalue weighted by Crippen LogP contribution is -2.43. The molecule has 1 amide bonds. The van der Waals surface area contributed by atoms with Gasteiger partial charge in [-0.2, -0.15) is 0 Å². The molecular formula is C25H32N4O3. The molecule has 0 spiro atoms. The maximum atomic E-state index is 12.9. The molecule has 1 aromatic carbocycles. The number of benzene rings is 1. The molecule has 2 N–H and O–H groups in total. The molecule has 7 heteroatoms. The number of piperidine rings is 1. The van der Waals surface area contributed by atoms with E-state index >= 15 is 0 Å². The molecular weight excluding hydrogens is 404 g/mol. The summed E-state index contributed by atoms with van der Waals surface area (Å²) in [5.41, 5.74) is 0.616. The van der Waals surface area contributed by atoms with E-state index in [1.165, 1.54) is 0 Å². The summed E-state index contributed by atoms with van der Waals surface area (Å²) in [5, 5.41) is 14.2. The number of nitrogens with zero attached hydrogens (tertiary/aromatic N) is 3. The third-order valence-corrected chi connectivity index (χ3v) is 6.47. The molecule has 1 atom stereocenters. The van der Waals surface area contributed by atoms with Gasteiger partial charge in [-0.1, -0.05) is 26.0 Å². The molecule has 1 aliphatic heterocycles. The highest BCUT2D eigenvalue weighted by Crippen LogP contribution is 2.28. The molecule has 170 valence electrons. The van der Waals surface area contributed by atoms with E-state index in [2.05, 4.69) is 33.9 Å². The minimum absolute atomic E-state index is 0.00550. The van der Waals surface area contributed by atoms with E-state index in [1.54, 1.807) is 12.3 Å². The third kappa shape index (κ3) is 4.72. The van der Waals surface area contributed by atoms with Gasteiger partial charge in [-0.25, -0.2) is 4.98 Å². The number of carbonyl (C=O) groups excluding carboxylic acids is 1. The minimum Gasteiger partial charge on any atom is -0.506 e. The van der Waals surface area contributed by atoms with E-state index in [-0.39, 0.29) is 23.6 Å². The number of para-hydroxylation sites is 1. The number of fused-ring (bicyclic) bond motifs is 1. The molecule has 1 fully saturated rings. The van der Waals surface area contributed by atoms with E-state index in [9.17, 15) is 9.90 Å². The number of hydrogen-bond donors (Lipinski definition) is 2. The largest absolute Gasteiger partial charge is 0.506 e. The van der Waals surface area contributed by atoms with Gasteiger partial charge >= 0.3 is 0 Å². The fraction of sp³-hybridized carbons (Fsp3) is 0.440. The highest BCUT2D eigenvalue weighted by molar-refractivity contribution is 5.85. The van der Waals surface area contributed by atoms with Crippen LogP contribution in [0.5, 0.6) is 5.75 Å². The number of phenols is 1. The average molecular weight is 437 g/mol. The Kier molecular flexibility index (Phi) is 6.95. The van der Waals surface area contributed by atoms with Gasteiger partial charge in [0.1, 0.15) is 22.8 Å². The number of aromatic hydroxyl groups is 1. The molecule has 0 radical (unpaired) electrons. The summed E-state index contributed by atoms with van der Waals surface area (Å²) in [4.78, 5) is 22.0. The molecule has 0 aliphatic carbocycles. The van der Waals surface area contributed by atoms with E-state index in [0.717, 1.165) is 56.0 Å². The van der Waals surface area contributed by atoms with Gasteiger partial charge in [0.25, 0.3) is 0 Å². The predicted octanol–water partition coefficient (Wildman–Crippen LogP) is 3.95. The zero-order valence-corrected chi connectivity index (χ0v) is 18.8. The Morgan fingerprint density at radius 1 is 1.19 bits per heavy atom. The van der Waals surface area contributed by atoms with Crippen LogP contribution in [0, 0.1) is 5.92 Å². The van der Waals surface area contributed by atoms with Crippen LogP contribution in [0.15, 0.2) is 53.1 Å². The number of likely N-dealkylation sites (N-methyl/N-ethyl adjacent to an activating group) is 1. The second-order valence-electron chi connectivity index (χ2n) is 8.28. The number of hydrogen-bond acceptors (Lipinski definition) is 6. The minimum atomic E-state index is -0.00550. The van der Waals surface area contributed by atoms with E-state index in [1.807, 2.05) is 36.4 Å². The average Bonchev–Trinajstić information content (AvgIpc) is 3.36. The molecule has 32 heavy (non-hydrogen) atoms. The first-order valence-corrected chi connectivity index (χ1v) is 11.5. The topological polar surface area (TPSA) is 81.8 Å². The van der Waals surface area contributed by atoms with Crippen molar-refractivity contribution in [3.63, 3.8) is 0 Å². The Morgan fingerprint density at radius 3 is 2.66 bits per heavy atom. The van der Waals surface area contributed by atoms with Crippen molar-refractivity contribution in [3.05, 3.63) is 54.5 Å². The van der Waals surface area contributed by atoms with E-state index in [0.29, 0.717) is 12.1 Å². The van der Waals surface area contributed by atoms with Gasteiger partial charge in [-0.15, -0.1) is 0 Å². The van der Waals surface area contributed by atoms with Crippen molar-refractivity contribution in [1.29, 1.82) is 0 Å². The van der Waals surface area contributed by atoms with Crippen molar-refractivity contribution in [2.45, 2.75) is 32.7 Å². The highest BCUT2D eigenvalue weighted by Gasteiger charge is 2.28. The normalized spacial score (nSPS) is 15.9. The van der Waals surface area contributed by atoms with Crippen molar-refractivity contribution in [2.24, 2.45) is 5.92 Å². The Labute approximate surface area is 189 Å². The van der Waals surface area contributed by atoms with Crippen molar-refractivity contribution >= 4 is 22.6 Å². The second-order valence-corrected chi connectivity index (χ2v) is 8.28. The molecule has 0 saturated carbocycles. The summed E-state index contributed by atoms with van der Waals surface area (Å²) >= 11 is 0. The van der Waals surface area contributed by atoms with Crippen molar-refractivity contribution < 1.29 is 14.3 Å². The zero-order valence-electron chi connectivity index (χ0n) is 18.8. The summed E-state index contributed by atoms with van der Waals surface area (Å²) in [7, 11) is 0. The van der Waals surface area contributed by atoms with E-state index < -0.39 is 0 Å². The number of aromatic nitrogens is 1. The van der Waals surface area contributed by atoms with Crippen LogP contribution >= 0.6 is 0 Å². The smallest absolute Gasteiger partial charge is 0.223 e. The number of carbonyl (C=O) groups is 1. The summed E-state index contributed by atoms with van der Waals surface area (Å²) < 4.78 is 5.64. The molecule has 1 saturated heterocycles. The monoisotopic (exact) mass is 436 g/mol. The number of phenolic OH excluding ortho intramolecular Hbond substituents is 1. The number of furan rings is 1. The van der Waals surface area contributed by atoms with Gasteiger partial charge in [0, 0.05) is 30.9 Å². The first-order chi connectivity index (χ1) is 15.6. The summed E-state index contributed by atoms with van der Waals surface area (Å²) in [6.07, 6.45) is 3.25. The Morgan fingerprint density at radius 2 is 1.97 bits per heavy atom. The van der Waals surface area contributed by atoms with Gasteiger partial charge < -0.3 is 19.7 Å². The fourth-order valence-electron chi connectivity index (χ4n) is 4.56. The lowest BCUT2D eigenvalue weighted by Gasteiger charge is -2.33. The van der Waals surface area contributed by atoms with E-state index in [4.69, 9.17) is 4.42 Å². The maximum absolute atomic E-state index is 12.9. The Hall–Kier alpha value is -3.06. The molecule has 1 aliphatic rings. The van der Waals surface area contributed by atoms with Gasteiger partial charge in [-0.3, -0.25) is 9.69 Å². The zero-order chi connectivity index (χ0) is 22.5. The lowest BCUT2D eigenvalue weighted by molar-refractivity contribution is -0.125. The number of amides is 1. The summed E-state index contributed by atoms with van der Waals surface area (Å²) in [5.74, 6) is 2.02. The molecule has 0 bridgehead atoms. The molecule has 3 aromatic rings. The number of nitrogens with one attached hydrogen (secondary N) is 1. The molecule has 2 aromatic heterocycles. The van der Waals surface area contributed by atoms with Crippen LogP contribution in [0.4, 0.5) is 5.82 Å². The van der Waals surface area contributed by atoms with Crippen LogP contribution in [0.2, 0.25) is 0 Å². The van der Waals surface area contributed by atoms with Crippen molar-refractivity contribution in [1.82, 2.24) is 15.2 Å². The first-order valence-electron chi connectivity index (χ1n) is 11.5. The van der Waals surface area contributed by atoms with Crippen LogP contribution < -0.4 is 10.2 Å². The quantitative estimate of drug-likeness (QED) is 0.557. The molecule has 7 nitrogen and oxygen atoms in total. The van der Waals surface area contributed by atoms with Gasteiger partial charge in [0.05, 0.1) is 12.3 Å². The van der Waals surface area contributed by atoms with Gasteiger partial charge in [-0.05, 0) is 56.3 Å². The SMILES string of the molecule is CCN(CC)C(CNC(=O)C1CCN(c2ccc3cccc(O)c3n2)CC1)c1ccco1. The number of pyridine rings is 1. The fourth-order valence-corrected chi connectivity index (χ4v) is 4.56. The molecule has 1 unspecified atom stereocenters. The second kappa shape index (κ2) is 10.0. The van der Waals surface area contributed by atoms with Crippen molar-refractivity contribution in [3.8, 4) is 5.75 Å². The maximum Gasteiger partial charge on any atom is 0.223 e. The van der Waals surface area contributed by atoms with Crippen molar-refractivity contribution in [2.75, 3.05) is 37.6 Å². The third-order valence-electron chi connectivity index (χ3n) is 6.47. The predicted molar refractivity (Wildman–Crippen MR) is 126 cm³/mol.